The number of hydrogen-bond donors (Lipinski definition) is 1. The van der Waals surface area contributed by atoms with Crippen LogP contribution in [0.15, 0.2) is 54.6 Å². The van der Waals surface area contributed by atoms with Crippen molar-refractivity contribution in [3.8, 4) is 0 Å². The van der Waals surface area contributed by atoms with Crippen LogP contribution in [0.1, 0.15) is 11.5 Å². The quantitative estimate of drug-likeness (QED) is 0.910. The lowest BCUT2D eigenvalue weighted by atomic mass is 9.98. The maximum absolute atomic E-state index is 13.2. The predicted octanol–water partition coefficient (Wildman–Crippen LogP) is 3.13. The monoisotopic (exact) mass is 273 g/mol. The summed E-state index contributed by atoms with van der Waals surface area (Å²) >= 11 is 0. The highest BCUT2D eigenvalue weighted by Crippen LogP contribution is 2.21. The summed E-state index contributed by atoms with van der Waals surface area (Å²) in [6, 6.07) is 15.2. The first-order chi connectivity index (χ1) is 9.58. The SMILES string of the molecule is CN(CC(C(=O)O)c1ccccc1)c1cccc(F)c1. The van der Waals surface area contributed by atoms with E-state index in [0.29, 0.717) is 5.69 Å². The number of carboxylic acid groups (broad SMARTS) is 1. The first-order valence-corrected chi connectivity index (χ1v) is 6.32. The molecule has 2 aromatic carbocycles. The van der Waals surface area contributed by atoms with Gasteiger partial charge in [0.05, 0.1) is 5.92 Å². The summed E-state index contributed by atoms with van der Waals surface area (Å²) < 4.78 is 13.2. The molecule has 2 aromatic rings. The molecule has 0 saturated heterocycles. The van der Waals surface area contributed by atoms with Gasteiger partial charge in [-0.3, -0.25) is 4.79 Å². The molecule has 0 aliphatic carbocycles. The Balaban J connectivity index is 2.19. The lowest BCUT2D eigenvalue weighted by Crippen LogP contribution is -2.28. The average Bonchev–Trinajstić information content (AvgIpc) is 2.45. The first-order valence-electron chi connectivity index (χ1n) is 6.32. The van der Waals surface area contributed by atoms with Crippen LogP contribution in [0.3, 0.4) is 0 Å². The molecule has 20 heavy (non-hydrogen) atoms. The van der Waals surface area contributed by atoms with Crippen molar-refractivity contribution in [3.63, 3.8) is 0 Å². The second kappa shape index (κ2) is 6.19. The molecular weight excluding hydrogens is 257 g/mol. The van der Waals surface area contributed by atoms with Crippen LogP contribution >= 0.6 is 0 Å². The maximum Gasteiger partial charge on any atom is 0.312 e. The fraction of sp³-hybridized carbons (Fsp3) is 0.188. The molecule has 1 unspecified atom stereocenters. The zero-order chi connectivity index (χ0) is 14.5. The van der Waals surface area contributed by atoms with E-state index in [2.05, 4.69) is 0 Å². The highest BCUT2D eigenvalue weighted by Gasteiger charge is 2.21. The number of halogens is 1. The Hall–Kier alpha value is -2.36. The van der Waals surface area contributed by atoms with Crippen LogP contribution in [0.4, 0.5) is 10.1 Å². The van der Waals surface area contributed by atoms with Crippen LogP contribution < -0.4 is 4.90 Å². The van der Waals surface area contributed by atoms with Crippen LogP contribution in [0, 0.1) is 5.82 Å². The van der Waals surface area contributed by atoms with Gasteiger partial charge in [-0.1, -0.05) is 36.4 Å². The number of carboxylic acids is 1. The number of anilines is 1. The Morgan fingerprint density at radius 2 is 1.90 bits per heavy atom. The number of rotatable bonds is 5. The number of benzene rings is 2. The van der Waals surface area contributed by atoms with Crippen molar-refractivity contribution in [2.45, 2.75) is 5.92 Å². The third-order valence-electron chi connectivity index (χ3n) is 3.21. The summed E-state index contributed by atoms with van der Waals surface area (Å²) in [7, 11) is 1.76. The van der Waals surface area contributed by atoms with E-state index in [1.165, 1.54) is 12.1 Å². The standard InChI is InChI=1S/C16H16FNO2/c1-18(14-9-5-8-13(17)10-14)11-15(16(19)20)12-6-3-2-4-7-12/h2-10,15H,11H2,1H3,(H,19,20). The molecule has 0 aromatic heterocycles. The number of aliphatic carboxylic acids is 1. The Bertz CT molecular complexity index is 586. The first kappa shape index (κ1) is 14.1. The lowest BCUT2D eigenvalue weighted by molar-refractivity contribution is -0.138. The molecule has 104 valence electrons. The summed E-state index contributed by atoms with van der Waals surface area (Å²) in [5.41, 5.74) is 1.40. The molecule has 0 spiro atoms. The van der Waals surface area contributed by atoms with Gasteiger partial charge in [0.1, 0.15) is 5.82 Å². The molecule has 0 heterocycles. The third-order valence-corrected chi connectivity index (χ3v) is 3.21. The molecule has 3 nitrogen and oxygen atoms in total. The minimum Gasteiger partial charge on any atom is -0.481 e. The molecule has 0 fully saturated rings. The van der Waals surface area contributed by atoms with Gasteiger partial charge in [-0.25, -0.2) is 4.39 Å². The summed E-state index contributed by atoms with van der Waals surface area (Å²) in [6.07, 6.45) is 0. The van der Waals surface area contributed by atoms with Crippen molar-refractivity contribution in [1.29, 1.82) is 0 Å². The molecule has 1 N–H and O–H groups in total. The van der Waals surface area contributed by atoms with E-state index in [4.69, 9.17) is 0 Å². The zero-order valence-corrected chi connectivity index (χ0v) is 11.2. The fourth-order valence-corrected chi connectivity index (χ4v) is 2.10. The largest absolute Gasteiger partial charge is 0.481 e. The maximum atomic E-state index is 13.2. The smallest absolute Gasteiger partial charge is 0.312 e. The average molecular weight is 273 g/mol. The van der Waals surface area contributed by atoms with E-state index >= 15 is 0 Å². The number of nitrogens with zero attached hydrogens (tertiary/aromatic N) is 1. The van der Waals surface area contributed by atoms with Gasteiger partial charge in [0.15, 0.2) is 0 Å². The van der Waals surface area contributed by atoms with Crippen LogP contribution in [-0.2, 0) is 4.79 Å². The number of hydrogen-bond acceptors (Lipinski definition) is 2. The van der Waals surface area contributed by atoms with E-state index < -0.39 is 11.9 Å². The van der Waals surface area contributed by atoms with Gasteiger partial charge < -0.3 is 10.0 Å². The van der Waals surface area contributed by atoms with Crippen LogP contribution in [-0.4, -0.2) is 24.7 Å². The van der Waals surface area contributed by atoms with Crippen LogP contribution in [0.5, 0.6) is 0 Å². The second-order valence-corrected chi connectivity index (χ2v) is 4.66. The molecular formula is C16H16FNO2. The minimum atomic E-state index is -0.889. The molecule has 2 rings (SSSR count). The highest BCUT2D eigenvalue weighted by atomic mass is 19.1. The van der Waals surface area contributed by atoms with Crippen molar-refractivity contribution in [2.24, 2.45) is 0 Å². The van der Waals surface area contributed by atoms with Gasteiger partial charge in [-0.05, 0) is 23.8 Å². The summed E-state index contributed by atoms with van der Waals surface area (Å²) in [6.45, 7) is 0.281. The Morgan fingerprint density at radius 1 is 1.20 bits per heavy atom. The van der Waals surface area contributed by atoms with E-state index in [-0.39, 0.29) is 12.4 Å². The van der Waals surface area contributed by atoms with Crippen molar-refractivity contribution in [3.05, 3.63) is 66.0 Å². The fourth-order valence-electron chi connectivity index (χ4n) is 2.10. The number of likely N-dealkylation sites (N-methyl/N-ethyl adjacent to an activating group) is 1. The van der Waals surface area contributed by atoms with E-state index in [1.807, 2.05) is 18.2 Å². The minimum absolute atomic E-state index is 0.281. The van der Waals surface area contributed by atoms with Gasteiger partial charge in [-0.15, -0.1) is 0 Å². The summed E-state index contributed by atoms with van der Waals surface area (Å²) in [5.74, 6) is -1.87. The molecule has 0 aliphatic heterocycles. The van der Waals surface area contributed by atoms with E-state index in [0.717, 1.165) is 5.56 Å². The number of carbonyl (C=O) groups is 1. The Labute approximate surface area is 117 Å². The summed E-state index contributed by atoms with van der Waals surface area (Å²) in [4.78, 5) is 13.2. The van der Waals surface area contributed by atoms with Gasteiger partial charge in [0.2, 0.25) is 0 Å². The van der Waals surface area contributed by atoms with Crippen molar-refractivity contribution in [1.82, 2.24) is 0 Å². The molecule has 0 saturated carbocycles. The van der Waals surface area contributed by atoms with Crippen LogP contribution in [0.25, 0.3) is 0 Å². The van der Waals surface area contributed by atoms with Gasteiger partial charge in [0, 0.05) is 19.3 Å². The normalized spacial score (nSPS) is 11.9. The topological polar surface area (TPSA) is 40.5 Å². The Kier molecular flexibility index (Phi) is 4.35. The highest BCUT2D eigenvalue weighted by molar-refractivity contribution is 5.77. The molecule has 0 amide bonds. The van der Waals surface area contributed by atoms with Gasteiger partial charge in [0.25, 0.3) is 0 Å². The van der Waals surface area contributed by atoms with Gasteiger partial charge >= 0.3 is 5.97 Å². The van der Waals surface area contributed by atoms with E-state index in [9.17, 15) is 14.3 Å². The predicted molar refractivity (Wildman–Crippen MR) is 76.5 cm³/mol. The molecule has 1 atom stereocenters. The second-order valence-electron chi connectivity index (χ2n) is 4.66. The van der Waals surface area contributed by atoms with Crippen molar-refractivity contribution in [2.75, 3.05) is 18.5 Å². The Morgan fingerprint density at radius 3 is 2.50 bits per heavy atom. The van der Waals surface area contributed by atoms with Crippen molar-refractivity contribution < 1.29 is 14.3 Å². The third kappa shape index (κ3) is 3.35. The summed E-state index contributed by atoms with van der Waals surface area (Å²) in [5, 5.41) is 9.38. The molecule has 0 bridgehead atoms. The van der Waals surface area contributed by atoms with Gasteiger partial charge in [-0.2, -0.15) is 0 Å². The zero-order valence-electron chi connectivity index (χ0n) is 11.2. The molecule has 0 radical (unpaired) electrons. The molecule has 4 heteroatoms. The van der Waals surface area contributed by atoms with Crippen molar-refractivity contribution >= 4 is 11.7 Å². The van der Waals surface area contributed by atoms with E-state index in [1.54, 1.807) is 36.2 Å². The lowest BCUT2D eigenvalue weighted by Gasteiger charge is -2.23. The molecule has 0 aliphatic rings. The van der Waals surface area contributed by atoms with Crippen LogP contribution in [0.2, 0.25) is 0 Å².